The molecule has 0 saturated carbocycles. The van der Waals surface area contributed by atoms with Gasteiger partial charge in [0.1, 0.15) is 0 Å². The van der Waals surface area contributed by atoms with E-state index in [-0.39, 0.29) is 11.8 Å². The summed E-state index contributed by atoms with van der Waals surface area (Å²) >= 11 is 0. The Bertz CT molecular complexity index is 780. The fraction of sp³-hybridized carbons (Fsp3) is 0.273. The third-order valence-electron chi connectivity index (χ3n) is 4.56. The molecule has 134 valence electrons. The van der Waals surface area contributed by atoms with Gasteiger partial charge in [-0.2, -0.15) is 0 Å². The van der Waals surface area contributed by atoms with Crippen LogP contribution in [0.1, 0.15) is 52.8 Å². The summed E-state index contributed by atoms with van der Waals surface area (Å²) < 4.78 is 0. The van der Waals surface area contributed by atoms with E-state index in [0.29, 0.717) is 23.4 Å². The lowest BCUT2D eigenvalue weighted by atomic mass is 9.97. The molecule has 0 bridgehead atoms. The normalized spacial score (nSPS) is 13.6. The van der Waals surface area contributed by atoms with Crippen LogP contribution in [0, 0.1) is 0 Å². The number of carbonyl (C=O) groups excluding carboxylic acids is 2. The highest BCUT2D eigenvalue weighted by molar-refractivity contribution is 6.04. The van der Waals surface area contributed by atoms with Gasteiger partial charge >= 0.3 is 0 Å². The van der Waals surface area contributed by atoms with Gasteiger partial charge in [-0.3, -0.25) is 9.59 Å². The van der Waals surface area contributed by atoms with Gasteiger partial charge in [-0.05, 0) is 68.5 Å². The molecule has 2 aromatic rings. The summed E-state index contributed by atoms with van der Waals surface area (Å²) in [6.07, 6.45) is 8.10. The number of hydrogen-bond acceptors (Lipinski definition) is 2. The fourth-order valence-corrected chi connectivity index (χ4v) is 3.07. The molecule has 0 aliphatic heterocycles. The zero-order chi connectivity index (χ0) is 18.2. The lowest BCUT2D eigenvalue weighted by Crippen LogP contribution is -2.24. The Balaban J connectivity index is 1.49. The van der Waals surface area contributed by atoms with Crippen LogP contribution in [-0.2, 0) is 0 Å². The van der Waals surface area contributed by atoms with Gasteiger partial charge in [0.25, 0.3) is 11.8 Å². The quantitative estimate of drug-likeness (QED) is 0.752. The molecule has 0 aromatic heterocycles. The van der Waals surface area contributed by atoms with Gasteiger partial charge in [-0.1, -0.05) is 29.8 Å². The summed E-state index contributed by atoms with van der Waals surface area (Å²) in [6.45, 7) is 0.664. The molecule has 0 radical (unpaired) electrons. The van der Waals surface area contributed by atoms with Crippen LogP contribution < -0.4 is 10.6 Å². The van der Waals surface area contributed by atoms with Gasteiger partial charge in [-0.15, -0.1) is 0 Å². The van der Waals surface area contributed by atoms with E-state index in [4.69, 9.17) is 0 Å². The molecule has 0 atom stereocenters. The van der Waals surface area contributed by atoms with Crippen LogP contribution in [0.25, 0.3) is 0 Å². The van der Waals surface area contributed by atoms with E-state index in [1.165, 1.54) is 24.8 Å². The Morgan fingerprint density at radius 2 is 1.58 bits per heavy atom. The zero-order valence-corrected chi connectivity index (χ0v) is 14.8. The van der Waals surface area contributed by atoms with Crippen molar-refractivity contribution in [3.8, 4) is 0 Å². The smallest absolute Gasteiger partial charge is 0.255 e. The van der Waals surface area contributed by atoms with Crippen LogP contribution >= 0.6 is 0 Å². The predicted octanol–water partition coefficient (Wildman–Crippen LogP) is 4.56. The second-order valence-corrected chi connectivity index (χ2v) is 6.51. The van der Waals surface area contributed by atoms with Crippen molar-refractivity contribution < 1.29 is 9.59 Å². The average molecular weight is 348 g/mol. The van der Waals surface area contributed by atoms with E-state index in [1.54, 1.807) is 36.4 Å². The molecule has 4 heteroatoms. The minimum absolute atomic E-state index is 0.0812. The SMILES string of the molecule is O=C(NCCC1=CCCCC1)c1ccc(NC(=O)c2ccccc2)cc1. The number of carbonyl (C=O) groups is 2. The van der Waals surface area contributed by atoms with Crippen molar-refractivity contribution in [3.05, 3.63) is 77.4 Å². The fourth-order valence-electron chi connectivity index (χ4n) is 3.07. The summed E-state index contributed by atoms with van der Waals surface area (Å²) in [7, 11) is 0. The number of rotatable bonds is 6. The first kappa shape index (κ1) is 17.9. The molecule has 2 amide bonds. The molecular formula is C22H24N2O2. The predicted molar refractivity (Wildman–Crippen MR) is 104 cm³/mol. The van der Waals surface area contributed by atoms with E-state index in [1.807, 2.05) is 18.2 Å². The highest BCUT2D eigenvalue weighted by Crippen LogP contribution is 2.19. The van der Waals surface area contributed by atoms with Crippen molar-refractivity contribution in [1.82, 2.24) is 5.32 Å². The van der Waals surface area contributed by atoms with E-state index < -0.39 is 0 Å². The monoisotopic (exact) mass is 348 g/mol. The maximum Gasteiger partial charge on any atom is 0.255 e. The first-order valence-electron chi connectivity index (χ1n) is 9.15. The largest absolute Gasteiger partial charge is 0.352 e. The minimum atomic E-state index is -0.163. The molecule has 0 unspecified atom stereocenters. The zero-order valence-electron chi connectivity index (χ0n) is 14.8. The third kappa shape index (κ3) is 5.06. The van der Waals surface area contributed by atoms with Crippen LogP contribution in [0.15, 0.2) is 66.2 Å². The lowest BCUT2D eigenvalue weighted by Gasteiger charge is -2.13. The number of benzene rings is 2. The molecular weight excluding hydrogens is 324 g/mol. The van der Waals surface area contributed by atoms with Crippen LogP contribution in [0.3, 0.4) is 0 Å². The van der Waals surface area contributed by atoms with Gasteiger partial charge < -0.3 is 10.6 Å². The molecule has 0 fully saturated rings. The molecule has 0 spiro atoms. The maximum absolute atomic E-state index is 12.2. The highest BCUT2D eigenvalue weighted by Gasteiger charge is 2.09. The lowest BCUT2D eigenvalue weighted by molar-refractivity contribution is 0.0953. The van der Waals surface area contributed by atoms with E-state index >= 15 is 0 Å². The van der Waals surface area contributed by atoms with Gasteiger partial charge in [0.2, 0.25) is 0 Å². The molecule has 26 heavy (non-hydrogen) atoms. The number of anilines is 1. The van der Waals surface area contributed by atoms with Gasteiger partial charge in [0, 0.05) is 23.4 Å². The average Bonchev–Trinajstić information content (AvgIpc) is 2.70. The molecule has 0 saturated heterocycles. The topological polar surface area (TPSA) is 58.2 Å². The Morgan fingerprint density at radius 3 is 2.27 bits per heavy atom. The minimum Gasteiger partial charge on any atom is -0.352 e. The van der Waals surface area contributed by atoms with Crippen molar-refractivity contribution in [2.24, 2.45) is 0 Å². The van der Waals surface area contributed by atoms with Crippen molar-refractivity contribution in [2.75, 3.05) is 11.9 Å². The Hall–Kier alpha value is -2.88. The summed E-state index contributed by atoms with van der Waals surface area (Å²) in [5.74, 6) is -0.245. The summed E-state index contributed by atoms with van der Waals surface area (Å²) in [5.41, 5.74) is 3.32. The molecule has 2 aromatic carbocycles. The van der Waals surface area contributed by atoms with Crippen molar-refractivity contribution >= 4 is 17.5 Å². The molecule has 4 nitrogen and oxygen atoms in total. The summed E-state index contributed by atoms with van der Waals surface area (Å²) in [4.78, 5) is 24.4. The van der Waals surface area contributed by atoms with E-state index in [2.05, 4.69) is 16.7 Å². The van der Waals surface area contributed by atoms with Crippen LogP contribution in [0.2, 0.25) is 0 Å². The van der Waals surface area contributed by atoms with Crippen molar-refractivity contribution in [3.63, 3.8) is 0 Å². The van der Waals surface area contributed by atoms with Gasteiger partial charge in [0.15, 0.2) is 0 Å². The first-order valence-corrected chi connectivity index (χ1v) is 9.15. The van der Waals surface area contributed by atoms with Crippen molar-refractivity contribution in [1.29, 1.82) is 0 Å². The van der Waals surface area contributed by atoms with Gasteiger partial charge in [-0.25, -0.2) is 0 Å². The summed E-state index contributed by atoms with van der Waals surface area (Å²) in [5, 5.41) is 5.80. The second kappa shape index (κ2) is 8.99. The Morgan fingerprint density at radius 1 is 0.846 bits per heavy atom. The molecule has 1 aliphatic carbocycles. The number of hydrogen-bond donors (Lipinski definition) is 2. The first-order chi connectivity index (χ1) is 12.7. The molecule has 1 aliphatic rings. The third-order valence-corrected chi connectivity index (χ3v) is 4.56. The van der Waals surface area contributed by atoms with E-state index in [9.17, 15) is 9.59 Å². The number of amides is 2. The number of nitrogens with one attached hydrogen (secondary N) is 2. The second-order valence-electron chi connectivity index (χ2n) is 6.51. The van der Waals surface area contributed by atoms with Crippen LogP contribution in [0.4, 0.5) is 5.69 Å². The molecule has 0 heterocycles. The van der Waals surface area contributed by atoms with Crippen molar-refractivity contribution in [2.45, 2.75) is 32.1 Å². The van der Waals surface area contributed by atoms with E-state index in [0.717, 1.165) is 12.8 Å². The Kier molecular flexibility index (Phi) is 6.20. The number of allylic oxidation sites excluding steroid dienone is 1. The Labute approximate surface area is 154 Å². The molecule has 2 N–H and O–H groups in total. The van der Waals surface area contributed by atoms with Crippen LogP contribution in [-0.4, -0.2) is 18.4 Å². The maximum atomic E-state index is 12.2. The summed E-state index contributed by atoms with van der Waals surface area (Å²) in [6, 6.07) is 16.0. The van der Waals surface area contributed by atoms with Gasteiger partial charge in [0.05, 0.1) is 0 Å². The molecule has 3 rings (SSSR count). The van der Waals surface area contributed by atoms with Crippen LogP contribution in [0.5, 0.6) is 0 Å². The standard InChI is InChI=1S/C22H24N2O2/c25-21(23-16-15-17-7-3-1-4-8-17)19-11-13-20(14-12-19)24-22(26)18-9-5-2-6-10-18/h2,5-7,9-14H,1,3-4,8,15-16H2,(H,23,25)(H,24,26). The highest BCUT2D eigenvalue weighted by atomic mass is 16.2.